The zero-order valence-electron chi connectivity index (χ0n) is 12.0. The second-order valence-corrected chi connectivity index (χ2v) is 5.53. The summed E-state index contributed by atoms with van der Waals surface area (Å²) in [4.78, 5) is 0. The van der Waals surface area contributed by atoms with Crippen LogP contribution in [-0.4, -0.2) is 115 Å². The first kappa shape index (κ1) is 18.9. The van der Waals surface area contributed by atoms with Crippen LogP contribution in [0.1, 0.15) is 0 Å². The molecule has 2 heterocycles. The number of hydrogen-bond donors (Lipinski definition) is 8. The Balaban J connectivity index is 2.11. The van der Waals surface area contributed by atoms with Crippen LogP contribution < -0.4 is 0 Å². The fourth-order valence-corrected chi connectivity index (χ4v) is 2.56. The zero-order chi connectivity index (χ0) is 17.3. The zero-order valence-corrected chi connectivity index (χ0v) is 12.0. The monoisotopic (exact) mass is 342 g/mol. The van der Waals surface area contributed by atoms with Crippen LogP contribution in [0.2, 0.25) is 0 Å². The van der Waals surface area contributed by atoms with Crippen LogP contribution in [-0.2, 0) is 14.2 Å². The third-order valence-electron chi connectivity index (χ3n) is 3.98. The topological polar surface area (TPSA) is 190 Å². The third kappa shape index (κ3) is 3.65. The first-order valence-corrected chi connectivity index (χ1v) is 7.08. The lowest BCUT2D eigenvalue weighted by molar-refractivity contribution is -0.355. The summed E-state index contributed by atoms with van der Waals surface area (Å²) < 4.78 is 15.1. The van der Waals surface area contributed by atoms with E-state index in [1.54, 1.807) is 0 Å². The van der Waals surface area contributed by atoms with Crippen LogP contribution >= 0.6 is 0 Å². The van der Waals surface area contributed by atoms with E-state index in [4.69, 9.17) is 24.4 Å². The summed E-state index contributed by atoms with van der Waals surface area (Å²) in [5.74, 6) is 0. The van der Waals surface area contributed by atoms with Gasteiger partial charge in [0.1, 0.15) is 48.8 Å². The molecule has 2 fully saturated rings. The molecule has 23 heavy (non-hydrogen) atoms. The van der Waals surface area contributed by atoms with E-state index >= 15 is 0 Å². The lowest BCUT2D eigenvalue weighted by Gasteiger charge is -2.45. The van der Waals surface area contributed by atoms with E-state index in [9.17, 15) is 30.6 Å². The Hall–Kier alpha value is -0.440. The Morgan fingerprint density at radius 2 is 1.22 bits per heavy atom. The van der Waals surface area contributed by atoms with Gasteiger partial charge in [0.15, 0.2) is 12.6 Å². The van der Waals surface area contributed by atoms with Gasteiger partial charge in [-0.3, -0.25) is 0 Å². The minimum Gasteiger partial charge on any atom is -0.394 e. The second-order valence-electron chi connectivity index (χ2n) is 5.53. The number of ether oxygens (including phenoxy) is 3. The molecule has 0 aromatic carbocycles. The summed E-state index contributed by atoms with van der Waals surface area (Å²) in [7, 11) is 0. The maximum atomic E-state index is 10.00. The Morgan fingerprint density at radius 3 is 1.78 bits per heavy atom. The summed E-state index contributed by atoms with van der Waals surface area (Å²) in [5.41, 5.74) is 0. The van der Waals surface area contributed by atoms with Gasteiger partial charge in [-0.2, -0.15) is 0 Å². The van der Waals surface area contributed by atoms with Crippen molar-refractivity contribution in [2.45, 2.75) is 61.4 Å². The van der Waals surface area contributed by atoms with Crippen molar-refractivity contribution in [1.29, 1.82) is 0 Å². The SMILES string of the molecule is OCC1O[C@@H](OC2C(O)[C@@H](O)O[C@H](CO)[C@H]2O)[C@H](O)C(O)[C@H]1O. The number of hydrogen-bond acceptors (Lipinski definition) is 11. The van der Waals surface area contributed by atoms with E-state index in [-0.39, 0.29) is 0 Å². The lowest BCUT2D eigenvalue weighted by atomic mass is 9.97. The van der Waals surface area contributed by atoms with Crippen LogP contribution in [0.3, 0.4) is 0 Å². The highest BCUT2D eigenvalue weighted by molar-refractivity contribution is 4.93. The number of aliphatic hydroxyl groups excluding tert-OH is 8. The maximum absolute atomic E-state index is 10.00. The van der Waals surface area contributed by atoms with Crippen molar-refractivity contribution in [3.05, 3.63) is 0 Å². The molecule has 2 saturated heterocycles. The van der Waals surface area contributed by atoms with E-state index in [0.717, 1.165) is 0 Å². The average Bonchev–Trinajstić information content (AvgIpc) is 2.54. The minimum atomic E-state index is -1.76. The van der Waals surface area contributed by atoms with Gasteiger partial charge in [0.2, 0.25) is 0 Å². The summed E-state index contributed by atoms with van der Waals surface area (Å²) in [5, 5.41) is 76.8. The average molecular weight is 342 g/mol. The van der Waals surface area contributed by atoms with Crippen molar-refractivity contribution in [2.75, 3.05) is 13.2 Å². The van der Waals surface area contributed by atoms with E-state index in [1.807, 2.05) is 0 Å². The molecule has 8 N–H and O–H groups in total. The standard InChI is InChI=1S/C12H22O11/c13-1-3-5(15)7(17)8(18)12(22-3)23-10-6(16)4(2-14)21-11(20)9(10)19/h3-20H,1-2H2/t3?,4-,5+,6-,7?,8-,9?,10?,11+,12+/m1/s1. The molecule has 4 unspecified atom stereocenters. The Labute approximate surface area is 130 Å². The molecule has 11 heteroatoms. The van der Waals surface area contributed by atoms with Gasteiger partial charge < -0.3 is 55.1 Å². The molecule has 0 amide bonds. The number of aliphatic hydroxyl groups is 8. The summed E-state index contributed by atoms with van der Waals surface area (Å²) in [6, 6.07) is 0. The molecule has 0 saturated carbocycles. The molecule has 2 rings (SSSR count). The van der Waals surface area contributed by atoms with Crippen molar-refractivity contribution < 1.29 is 55.1 Å². The first-order chi connectivity index (χ1) is 10.8. The summed E-state index contributed by atoms with van der Waals surface area (Å²) >= 11 is 0. The van der Waals surface area contributed by atoms with Crippen molar-refractivity contribution in [2.24, 2.45) is 0 Å². The Bertz CT molecular complexity index is 380. The molecule has 0 aromatic rings. The molecule has 11 nitrogen and oxygen atoms in total. The molecule has 10 atom stereocenters. The normalized spacial score (nSPS) is 51.7. The van der Waals surface area contributed by atoms with Crippen LogP contribution in [0.5, 0.6) is 0 Å². The molecule has 0 radical (unpaired) electrons. The maximum Gasteiger partial charge on any atom is 0.187 e. The molecule has 2 aliphatic rings. The van der Waals surface area contributed by atoms with Gasteiger partial charge in [0.25, 0.3) is 0 Å². The van der Waals surface area contributed by atoms with Crippen LogP contribution in [0, 0.1) is 0 Å². The van der Waals surface area contributed by atoms with E-state index in [1.165, 1.54) is 0 Å². The van der Waals surface area contributed by atoms with Gasteiger partial charge in [0.05, 0.1) is 13.2 Å². The highest BCUT2D eigenvalue weighted by atomic mass is 16.7. The predicted octanol–water partition coefficient (Wildman–Crippen LogP) is -5.40. The predicted molar refractivity (Wildman–Crippen MR) is 68.6 cm³/mol. The van der Waals surface area contributed by atoms with Gasteiger partial charge in [-0.05, 0) is 0 Å². The quantitative estimate of drug-likeness (QED) is 0.243. The molecule has 136 valence electrons. The van der Waals surface area contributed by atoms with Crippen molar-refractivity contribution in [3.63, 3.8) is 0 Å². The Morgan fingerprint density at radius 1 is 0.652 bits per heavy atom. The smallest absolute Gasteiger partial charge is 0.187 e. The molecular weight excluding hydrogens is 320 g/mol. The van der Waals surface area contributed by atoms with Gasteiger partial charge in [-0.15, -0.1) is 0 Å². The molecule has 0 spiro atoms. The highest BCUT2D eigenvalue weighted by Crippen LogP contribution is 2.28. The van der Waals surface area contributed by atoms with Gasteiger partial charge >= 0.3 is 0 Å². The largest absolute Gasteiger partial charge is 0.394 e. The molecular formula is C12H22O11. The van der Waals surface area contributed by atoms with E-state index in [0.29, 0.717) is 0 Å². The lowest BCUT2D eigenvalue weighted by Crippen LogP contribution is -2.64. The van der Waals surface area contributed by atoms with Gasteiger partial charge in [-0.1, -0.05) is 0 Å². The van der Waals surface area contributed by atoms with E-state index in [2.05, 4.69) is 0 Å². The van der Waals surface area contributed by atoms with Crippen LogP contribution in [0.15, 0.2) is 0 Å². The molecule has 0 bridgehead atoms. The Kier molecular flexibility index (Phi) is 6.27. The third-order valence-corrected chi connectivity index (χ3v) is 3.98. The molecule has 0 aliphatic carbocycles. The van der Waals surface area contributed by atoms with Crippen molar-refractivity contribution in [1.82, 2.24) is 0 Å². The fraction of sp³-hybridized carbons (Fsp3) is 1.00. The summed E-state index contributed by atoms with van der Waals surface area (Å²) in [6.45, 7) is -1.34. The summed E-state index contributed by atoms with van der Waals surface area (Å²) in [6.07, 6.45) is -15.7. The van der Waals surface area contributed by atoms with Crippen molar-refractivity contribution >= 4 is 0 Å². The van der Waals surface area contributed by atoms with E-state index < -0.39 is 74.6 Å². The molecule has 0 aromatic heterocycles. The molecule has 2 aliphatic heterocycles. The second kappa shape index (κ2) is 7.63. The fourth-order valence-electron chi connectivity index (χ4n) is 2.56. The van der Waals surface area contributed by atoms with Crippen LogP contribution in [0.25, 0.3) is 0 Å². The van der Waals surface area contributed by atoms with Crippen molar-refractivity contribution in [3.8, 4) is 0 Å². The number of rotatable bonds is 4. The highest BCUT2D eigenvalue weighted by Gasteiger charge is 2.50. The van der Waals surface area contributed by atoms with Gasteiger partial charge in [0, 0.05) is 0 Å². The first-order valence-electron chi connectivity index (χ1n) is 7.08. The van der Waals surface area contributed by atoms with Crippen LogP contribution in [0.4, 0.5) is 0 Å². The minimum absolute atomic E-state index is 0.667. The van der Waals surface area contributed by atoms with Gasteiger partial charge in [-0.25, -0.2) is 0 Å².